The van der Waals surface area contributed by atoms with Gasteiger partial charge in [-0.1, -0.05) is 31.4 Å². The number of carbonyl (C=O) groups is 2. The third-order valence-electron chi connectivity index (χ3n) is 5.67. The molecule has 0 bridgehead atoms. The summed E-state index contributed by atoms with van der Waals surface area (Å²) in [5, 5.41) is 0. The van der Waals surface area contributed by atoms with Gasteiger partial charge in [0, 0.05) is 5.56 Å². The molecule has 5 nitrogen and oxygen atoms in total. The fraction of sp³-hybridized carbons (Fsp3) is 0.360. The van der Waals surface area contributed by atoms with Crippen molar-refractivity contribution < 1.29 is 23.8 Å². The highest BCUT2D eigenvalue weighted by molar-refractivity contribution is 6.15. The van der Waals surface area contributed by atoms with Crippen molar-refractivity contribution in [1.82, 2.24) is 0 Å². The van der Waals surface area contributed by atoms with Gasteiger partial charge in [0.05, 0.1) is 18.1 Å². The van der Waals surface area contributed by atoms with Crippen LogP contribution >= 0.6 is 0 Å². The number of ether oxygens (including phenoxy) is 3. The Hall–Kier alpha value is -3.08. The number of hydrogen-bond donors (Lipinski definition) is 0. The maximum Gasteiger partial charge on any atom is 0.314 e. The molecular weight excluding hydrogens is 380 g/mol. The summed E-state index contributed by atoms with van der Waals surface area (Å²) >= 11 is 0. The molecule has 1 fully saturated rings. The number of rotatable bonds is 5. The Morgan fingerprint density at radius 1 is 1.10 bits per heavy atom. The molecule has 1 aliphatic carbocycles. The van der Waals surface area contributed by atoms with Gasteiger partial charge in [0.15, 0.2) is 5.76 Å². The van der Waals surface area contributed by atoms with Crippen molar-refractivity contribution in [3.63, 3.8) is 0 Å². The molecule has 0 spiro atoms. The summed E-state index contributed by atoms with van der Waals surface area (Å²) in [6.45, 7) is 4.35. The summed E-state index contributed by atoms with van der Waals surface area (Å²) in [5.74, 6) is 1.56. The fourth-order valence-corrected chi connectivity index (χ4v) is 3.99. The molecule has 0 atom stereocenters. The molecule has 0 aromatic heterocycles. The zero-order valence-corrected chi connectivity index (χ0v) is 17.4. The normalized spacial score (nSPS) is 17.5. The summed E-state index contributed by atoms with van der Waals surface area (Å²) in [4.78, 5) is 25.3. The summed E-state index contributed by atoms with van der Waals surface area (Å²) in [7, 11) is 0. The topological polar surface area (TPSA) is 61.8 Å². The first-order valence-electron chi connectivity index (χ1n) is 10.6. The van der Waals surface area contributed by atoms with E-state index in [-0.39, 0.29) is 23.4 Å². The molecule has 5 heteroatoms. The molecule has 1 aliphatic heterocycles. The molecular formula is C25H26O5. The second-order valence-corrected chi connectivity index (χ2v) is 7.76. The number of benzene rings is 2. The monoisotopic (exact) mass is 406 g/mol. The second kappa shape index (κ2) is 8.74. The van der Waals surface area contributed by atoms with Crippen LogP contribution in [0.15, 0.2) is 42.2 Å². The van der Waals surface area contributed by atoms with Crippen LogP contribution < -0.4 is 14.2 Å². The minimum Gasteiger partial charge on any atom is -0.494 e. The van der Waals surface area contributed by atoms with Crippen molar-refractivity contribution >= 4 is 17.8 Å². The van der Waals surface area contributed by atoms with E-state index in [4.69, 9.17) is 14.2 Å². The highest BCUT2D eigenvalue weighted by atomic mass is 16.5. The van der Waals surface area contributed by atoms with Crippen molar-refractivity contribution in [3.05, 3.63) is 58.8 Å². The molecule has 0 unspecified atom stereocenters. The highest BCUT2D eigenvalue weighted by Crippen LogP contribution is 2.40. The van der Waals surface area contributed by atoms with E-state index in [9.17, 15) is 9.59 Å². The third kappa shape index (κ3) is 4.11. The summed E-state index contributed by atoms with van der Waals surface area (Å²) in [6, 6.07) is 10.8. The van der Waals surface area contributed by atoms with Gasteiger partial charge in [-0.15, -0.1) is 0 Å². The van der Waals surface area contributed by atoms with Crippen LogP contribution in [0.5, 0.6) is 17.2 Å². The molecule has 2 aliphatic rings. The predicted molar refractivity (Wildman–Crippen MR) is 114 cm³/mol. The molecule has 30 heavy (non-hydrogen) atoms. The number of hydrogen-bond acceptors (Lipinski definition) is 5. The molecule has 0 amide bonds. The third-order valence-corrected chi connectivity index (χ3v) is 5.67. The van der Waals surface area contributed by atoms with Gasteiger partial charge in [0.1, 0.15) is 17.2 Å². The quantitative estimate of drug-likeness (QED) is 0.373. The first-order valence-corrected chi connectivity index (χ1v) is 10.6. The summed E-state index contributed by atoms with van der Waals surface area (Å²) < 4.78 is 17.0. The van der Waals surface area contributed by atoms with E-state index in [1.807, 2.05) is 38.1 Å². The minimum absolute atomic E-state index is 0.0379. The van der Waals surface area contributed by atoms with Crippen molar-refractivity contribution in [2.45, 2.75) is 46.0 Å². The Labute approximate surface area is 176 Å². The van der Waals surface area contributed by atoms with Crippen LogP contribution in [0.25, 0.3) is 6.08 Å². The Balaban J connectivity index is 1.52. The molecule has 1 heterocycles. The second-order valence-electron chi connectivity index (χ2n) is 7.76. The van der Waals surface area contributed by atoms with Crippen molar-refractivity contribution in [2.75, 3.05) is 6.61 Å². The number of fused-ring (bicyclic) bond motifs is 1. The maximum atomic E-state index is 12.8. The van der Waals surface area contributed by atoms with Crippen LogP contribution in [0.3, 0.4) is 0 Å². The van der Waals surface area contributed by atoms with Crippen LogP contribution in [-0.2, 0) is 4.79 Å². The average molecular weight is 406 g/mol. The van der Waals surface area contributed by atoms with Gasteiger partial charge < -0.3 is 14.2 Å². The Morgan fingerprint density at radius 3 is 2.53 bits per heavy atom. The lowest BCUT2D eigenvalue weighted by Crippen LogP contribution is -2.23. The molecule has 156 valence electrons. The fourth-order valence-electron chi connectivity index (χ4n) is 3.99. The van der Waals surface area contributed by atoms with Gasteiger partial charge in [-0.3, -0.25) is 9.59 Å². The van der Waals surface area contributed by atoms with Crippen LogP contribution in [0.2, 0.25) is 0 Å². The average Bonchev–Trinajstić information content (AvgIpc) is 3.08. The first-order chi connectivity index (χ1) is 14.6. The largest absolute Gasteiger partial charge is 0.494 e. The van der Waals surface area contributed by atoms with Gasteiger partial charge in [0.25, 0.3) is 0 Å². The van der Waals surface area contributed by atoms with Gasteiger partial charge in [-0.2, -0.15) is 0 Å². The predicted octanol–water partition coefficient (Wildman–Crippen LogP) is 5.50. The van der Waals surface area contributed by atoms with E-state index in [1.165, 1.54) is 6.42 Å². The van der Waals surface area contributed by atoms with E-state index in [1.54, 1.807) is 18.2 Å². The molecule has 0 saturated heterocycles. The van der Waals surface area contributed by atoms with E-state index in [0.29, 0.717) is 29.2 Å². The van der Waals surface area contributed by atoms with Crippen LogP contribution in [0.1, 0.15) is 60.5 Å². The first kappa shape index (κ1) is 20.2. The lowest BCUT2D eigenvalue weighted by Gasteiger charge is -2.20. The van der Waals surface area contributed by atoms with E-state index < -0.39 is 0 Å². The van der Waals surface area contributed by atoms with Crippen molar-refractivity contribution in [1.29, 1.82) is 0 Å². The zero-order chi connectivity index (χ0) is 21.1. The van der Waals surface area contributed by atoms with E-state index >= 15 is 0 Å². The highest BCUT2D eigenvalue weighted by Gasteiger charge is 2.31. The number of allylic oxidation sites excluding steroid dienone is 1. The molecule has 2 aromatic carbocycles. The SMILES string of the molecule is CCOc1ccc(/C=C2\Oc3c(ccc(OC(=O)C4CCCCC4)c3C)C2=O)cc1. The van der Waals surface area contributed by atoms with Gasteiger partial charge in [0.2, 0.25) is 5.78 Å². The molecule has 4 rings (SSSR count). The smallest absolute Gasteiger partial charge is 0.314 e. The molecule has 0 N–H and O–H groups in total. The van der Waals surface area contributed by atoms with E-state index in [2.05, 4.69) is 0 Å². The number of carbonyl (C=O) groups excluding carboxylic acids is 2. The summed E-state index contributed by atoms with van der Waals surface area (Å²) in [6.07, 6.45) is 6.80. The maximum absolute atomic E-state index is 12.8. The van der Waals surface area contributed by atoms with Gasteiger partial charge in [-0.05, 0) is 62.6 Å². The minimum atomic E-state index is -0.188. The zero-order valence-electron chi connectivity index (χ0n) is 17.4. The van der Waals surface area contributed by atoms with Crippen LogP contribution in [0.4, 0.5) is 0 Å². The van der Waals surface area contributed by atoms with Crippen LogP contribution in [0, 0.1) is 12.8 Å². The Morgan fingerprint density at radius 2 is 1.83 bits per heavy atom. The van der Waals surface area contributed by atoms with Gasteiger partial charge >= 0.3 is 5.97 Å². The van der Waals surface area contributed by atoms with Crippen LogP contribution in [-0.4, -0.2) is 18.4 Å². The molecule has 0 radical (unpaired) electrons. The molecule has 2 aromatic rings. The molecule has 1 saturated carbocycles. The Kier molecular flexibility index (Phi) is 5.88. The lowest BCUT2D eigenvalue weighted by atomic mass is 9.89. The standard InChI is InChI=1S/C25H26O5/c1-3-28-19-11-9-17(10-12-19)15-22-23(26)20-13-14-21(16(2)24(20)29-22)30-25(27)18-7-5-4-6-8-18/h9-15,18H,3-8H2,1-2H3/b22-15-. The number of ketones is 1. The number of Topliss-reactive ketones (excluding diaryl/α,β-unsaturated/α-hetero) is 1. The van der Waals surface area contributed by atoms with Crippen molar-refractivity contribution in [2.24, 2.45) is 5.92 Å². The van der Waals surface area contributed by atoms with Gasteiger partial charge in [-0.25, -0.2) is 0 Å². The van der Waals surface area contributed by atoms with E-state index in [0.717, 1.165) is 37.0 Å². The van der Waals surface area contributed by atoms with Crippen molar-refractivity contribution in [3.8, 4) is 17.2 Å². The lowest BCUT2D eigenvalue weighted by molar-refractivity contribution is -0.140. The number of esters is 1. The Bertz CT molecular complexity index is 981. The summed E-state index contributed by atoms with van der Waals surface area (Å²) in [5.41, 5.74) is 2.00.